The van der Waals surface area contributed by atoms with E-state index in [1.807, 2.05) is 24.5 Å². The lowest BCUT2D eigenvalue weighted by molar-refractivity contribution is -0.116. The largest absolute Gasteiger partial charge is 0.356 e. The number of guanidine groups is 1. The van der Waals surface area contributed by atoms with Crippen molar-refractivity contribution in [1.29, 1.82) is 0 Å². The van der Waals surface area contributed by atoms with E-state index < -0.39 is 0 Å². The second kappa shape index (κ2) is 11.2. The number of nitrogens with one attached hydrogen (secondary N) is 3. The van der Waals surface area contributed by atoms with Gasteiger partial charge in [0.05, 0.1) is 0 Å². The molecule has 3 rings (SSSR count). The van der Waals surface area contributed by atoms with Crippen molar-refractivity contribution < 1.29 is 4.79 Å². The van der Waals surface area contributed by atoms with E-state index in [1.54, 1.807) is 18.8 Å². The molecule has 3 N–H and O–H groups in total. The molecule has 0 radical (unpaired) electrons. The Morgan fingerprint density at radius 3 is 2.87 bits per heavy atom. The van der Waals surface area contributed by atoms with E-state index in [0.717, 1.165) is 48.6 Å². The third kappa shape index (κ3) is 6.22. The molecule has 0 saturated carbocycles. The highest BCUT2D eigenvalue weighted by Gasteiger charge is 2.24. The van der Waals surface area contributed by atoms with Crippen LogP contribution in [0.5, 0.6) is 0 Å². The van der Waals surface area contributed by atoms with Crippen LogP contribution in [0.4, 0.5) is 5.69 Å². The first-order valence-electron chi connectivity index (χ1n) is 10.8. The molecule has 0 saturated heterocycles. The predicted octanol–water partition coefficient (Wildman–Crippen LogP) is 2.88. The maximum Gasteiger partial charge on any atom is 0.225 e. The first kappa shape index (κ1) is 23.1. The SMILES string of the molecule is CN=C(NCCCc1nnc(SC)n1CC(C)C)NCC1CC(=O)Nc2ccccc21. The minimum Gasteiger partial charge on any atom is -0.356 e. The quantitative estimate of drug-likeness (QED) is 0.239. The lowest BCUT2D eigenvalue weighted by Crippen LogP contribution is -2.41. The van der Waals surface area contributed by atoms with Gasteiger partial charge >= 0.3 is 0 Å². The highest BCUT2D eigenvalue weighted by Crippen LogP contribution is 2.31. The van der Waals surface area contributed by atoms with Crippen LogP contribution in [0, 0.1) is 5.92 Å². The summed E-state index contributed by atoms with van der Waals surface area (Å²) in [6.07, 6.45) is 4.31. The van der Waals surface area contributed by atoms with E-state index in [1.165, 1.54) is 5.56 Å². The molecule has 0 aliphatic carbocycles. The van der Waals surface area contributed by atoms with E-state index in [0.29, 0.717) is 18.9 Å². The van der Waals surface area contributed by atoms with Gasteiger partial charge in [-0.25, -0.2) is 0 Å². The van der Waals surface area contributed by atoms with Crippen molar-refractivity contribution in [3.05, 3.63) is 35.7 Å². The van der Waals surface area contributed by atoms with E-state index in [9.17, 15) is 4.79 Å². The summed E-state index contributed by atoms with van der Waals surface area (Å²) < 4.78 is 2.23. The number of thioether (sulfide) groups is 1. The zero-order chi connectivity index (χ0) is 22.2. The summed E-state index contributed by atoms with van der Waals surface area (Å²) in [6, 6.07) is 7.98. The summed E-state index contributed by atoms with van der Waals surface area (Å²) in [4.78, 5) is 16.3. The first-order chi connectivity index (χ1) is 15.0. The second-order valence-corrected chi connectivity index (χ2v) is 8.90. The summed E-state index contributed by atoms with van der Waals surface area (Å²) in [6.45, 7) is 6.79. The molecule has 1 atom stereocenters. The second-order valence-electron chi connectivity index (χ2n) is 8.13. The summed E-state index contributed by atoms with van der Waals surface area (Å²) in [5, 5.41) is 19.4. The molecule has 0 fully saturated rings. The number of carbonyl (C=O) groups is 1. The molecule has 1 aromatic carbocycles. The zero-order valence-electron chi connectivity index (χ0n) is 18.8. The van der Waals surface area contributed by atoms with Crippen molar-refractivity contribution in [2.45, 2.75) is 50.7 Å². The Morgan fingerprint density at radius 2 is 2.13 bits per heavy atom. The molecule has 9 heteroatoms. The number of para-hydroxylation sites is 1. The van der Waals surface area contributed by atoms with Gasteiger partial charge in [-0.1, -0.05) is 43.8 Å². The highest BCUT2D eigenvalue weighted by molar-refractivity contribution is 7.98. The van der Waals surface area contributed by atoms with Gasteiger partial charge in [0.25, 0.3) is 0 Å². The third-order valence-corrected chi connectivity index (χ3v) is 5.91. The topological polar surface area (TPSA) is 96.2 Å². The number of nitrogens with zero attached hydrogens (tertiary/aromatic N) is 4. The smallest absolute Gasteiger partial charge is 0.225 e. The fourth-order valence-electron chi connectivity index (χ4n) is 3.78. The lowest BCUT2D eigenvalue weighted by Gasteiger charge is -2.26. The lowest BCUT2D eigenvalue weighted by atomic mass is 9.90. The molecule has 2 aromatic rings. The number of aryl methyl sites for hydroxylation is 1. The highest BCUT2D eigenvalue weighted by atomic mass is 32.2. The van der Waals surface area contributed by atoms with Crippen LogP contribution in [0.2, 0.25) is 0 Å². The minimum absolute atomic E-state index is 0.0589. The molecule has 1 aromatic heterocycles. The molecule has 1 unspecified atom stereocenters. The van der Waals surface area contributed by atoms with Crippen LogP contribution >= 0.6 is 11.8 Å². The number of benzene rings is 1. The number of rotatable bonds is 9. The summed E-state index contributed by atoms with van der Waals surface area (Å²) in [5.74, 6) is 2.52. The number of fused-ring (bicyclic) bond motifs is 1. The van der Waals surface area contributed by atoms with Crippen LogP contribution in [0.25, 0.3) is 0 Å². The van der Waals surface area contributed by atoms with E-state index >= 15 is 0 Å². The van der Waals surface area contributed by atoms with Crippen LogP contribution in [0.1, 0.15) is 44.0 Å². The average Bonchev–Trinajstić information content (AvgIpc) is 3.13. The third-order valence-electron chi connectivity index (χ3n) is 5.24. The molecule has 2 heterocycles. The van der Waals surface area contributed by atoms with Crippen LogP contribution in [-0.2, 0) is 17.8 Å². The van der Waals surface area contributed by atoms with Crippen LogP contribution in [0.3, 0.4) is 0 Å². The fraction of sp³-hybridized carbons (Fsp3) is 0.545. The van der Waals surface area contributed by atoms with Crippen molar-refractivity contribution in [2.75, 3.05) is 31.7 Å². The van der Waals surface area contributed by atoms with Gasteiger partial charge in [0.2, 0.25) is 5.91 Å². The molecule has 1 amide bonds. The molecule has 0 spiro atoms. The zero-order valence-corrected chi connectivity index (χ0v) is 19.6. The van der Waals surface area contributed by atoms with Crippen molar-refractivity contribution in [1.82, 2.24) is 25.4 Å². The monoisotopic (exact) mass is 443 g/mol. The molecule has 0 bridgehead atoms. The summed E-state index contributed by atoms with van der Waals surface area (Å²) >= 11 is 1.64. The molecular weight excluding hydrogens is 410 g/mol. The number of amides is 1. The fourth-order valence-corrected chi connectivity index (χ4v) is 4.30. The van der Waals surface area contributed by atoms with Gasteiger partial charge < -0.3 is 20.5 Å². The van der Waals surface area contributed by atoms with Crippen molar-refractivity contribution in [3.63, 3.8) is 0 Å². The number of aromatic nitrogens is 3. The van der Waals surface area contributed by atoms with Crippen LogP contribution in [0.15, 0.2) is 34.4 Å². The van der Waals surface area contributed by atoms with Gasteiger partial charge in [-0.05, 0) is 30.2 Å². The number of hydrogen-bond donors (Lipinski definition) is 3. The van der Waals surface area contributed by atoms with Gasteiger partial charge in [0, 0.05) is 51.1 Å². The van der Waals surface area contributed by atoms with Gasteiger partial charge in [-0.2, -0.15) is 0 Å². The summed E-state index contributed by atoms with van der Waals surface area (Å²) in [5.41, 5.74) is 2.07. The Labute approximate surface area is 188 Å². The maximum atomic E-state index is 12.0. The molecule has 1 aliphatic rings. The molecule has 31 heavy (non-hydrogen) atoms. The molecular formula is C22H33N7OS. The Morgan fingerprint density at radius 1 is 1.32 bits per heavy atom. The normalized spacial score (nSPS) is 16.2. The van der Waals surface area contributed by atoms with Gasteiger partial charge in [0.1, 0.15) is 5.82 Å². The molecule has 8 nitrogen and oxygen atoms in total. The first-order valence-corrected chi connectivity index (χ1v) is 12.0. The summed E-state index contributed by atoms with van der Waals surface area (Å²) in [7, 11) is 1.76. The van der Waals surface area contributed by atoms with Crippen LogP contribution < -0.4 is 16.0 Å². The molecule has 168 valence electrons. The van der Waals surface area contributed by atoms with Crippen LogP contribution in [-0.4, -0.2) is 53.0 Å². The Balaban J connectivity index is 1.48. The van der Waals surface area contributed by atoms with Gasteiger partial charge in [0.15, 0.2) is 11.1 Å². The Hall–Kier alpha value is -2.55. The standard InChI is InChI=1S/C22H33N7OS/c1-15(2)14-29-19(27-28-22(29)31-4)10-7-11-24-21(23-3)25-13-16-12-20(30)26-18-9-6-5-8-17(16)18/h5-6,8-9,15-16H,7,10-14H2,1-4H3,(H,26,30)(H2,23,24,25). The Kier molecular flexibility index (Phi) is 8.34. The number of carbonyl (C=O) groups excluding carboxylic acids is 1. The van der Waals surface area contributed by atoms with Crippen molar-refractivity contribution in [2.24, 2.45) is 10.9 Å². The van der Waals surface area contributed by atoms with E-state index in [2.05, 4.69) is 55.6 Å². The van der Waals surface area contributed by atoms with Gasteiger partial charge in [-0.15, -0.1) is 10.2 Å². The van der Waals surface area contributed by atoms with Crippen molar-refractivity contribution in [3.8, 4) is 0 Å². The number of anilines is 1. The van der Waals surface area contributed by atoms with Gasteiger partial charge in [-0.3, -0.25) is 9.79 Å². The Bertz CT molecular complexity index is 909. The van der Waals surface area contributed by atoms with Crippen molar-refractivity contribution >= 4 is 29.3 Å². The average molecular weight is 444 g/mol. The van der Waals surface area contributed by atoms with E-state index in [4.69, 9.17) is 0 Å². The minimum atomic E-state index is 0.0589. The molecule has 1 aliphatic heterocycles. The van der Waals surface area contributed by atoms with E-state index in [-0.39, 0.29) is 11.8 Å². The maximum absolute atomic E-state index is 12.0. The number of aliphatic imine (C=N–C) groups is 1. The predicted molar refractivity (Wildman–Crippen MR) is 127 cm³/mol. The number of hydrogen-bond acceptors (Lipinski definition) is 5.